The van der Waals surface area contributed by atoms with Crippen LogP contribution in [0, 0.1) is 12.3 Å². The van der Waals surface area contributed by atoms with Crippen LogP contribution in [0.2, 0.25) is 0 Å². The van der Waals surface area contributed by atoms with Crippen LogP contribution in [-0.4, -0.2) is 54.1 Å². The molecule has 166 valence electrons. The Kier molecular flexibility index (Phi) is 9.07. The van der Waals surface area contributed by atoms with Gasteiger partial charge in [-0.25, -0.2) is 13.9 Å². The predicted octanol–water partition coefficient (Wildman–Crippen LogP) is 3.28. The third-order valence-electron chi connectivity index (χ3n) is 6.00. The van der Waals surface area contributed by atoms with Crippen molar-refractivity contribution in [3.8, 4) is 12.3 Å². The Morgan fingerprint density at radius 2 is 1.80 bits per heavy atom. The van der Waals surface area contributed by atoms with Crippen LogP contribution in [0.3, 0.4) is 0 Å². The first-order chi connectivity index (χ1) is 13.9. The normalized spacial score (nSPS) is 20.0. The number of benzene rings is 1. The fraction of sp³-hybridized carbons (Fsp3) is 0.571. The standard InChI is InChI=1S/C21H28N2O4S2.ClH/c1-2-14-23-15-12-21(13-16-23,20(24)22-25)29(26,27)19-10-8-18(9-11-19)28-17-6-4-3-5-7-17;/h1,8-11,17,25H,3-7,12-16H2,(H,22,24);1H. The molecule has 0 atom stereocenters. The van der Waals surface area contributed by atoms with Crippen LogP contribution in [0.5, 0.6) is 0 Å². The van der Waals surface area contributed by atoms with Crippen molar-refractivity contribution in [3.05, 3.63) is 24.3 Å². The number of carbonyl (C=O) groups excluding carboxylic acids is 1. The summed E-state index contributed by atoms with van der Waals surface area (Å²) in [7, 11) is -3.98. The molecule has 9 heteroatoms. The van der Waals surface area contributed by atoms with Gasteiger partial charge in [-0.2, -0.15) is 0 Å². The number of piperidine rings is 1. The van der Waals surface area contributed by atoms with E-state index in [4.69, 9.17) is 6.42 Å². The molecule has 1 aliphatic carbocycles. The lowest BCUT2D eigenvalue weighted by atomic mass is 9.95. The van der Waals surface area contributed by atoms with Gasteiger partial charge in [0, 0.05) is 23.2 Å². The highest BCUT2D eigenvalue weighted by atomic mass is 35.5. The smallest absolute Gasteiger partial charge is 0.265 e. The van der Waals surface area contributed by atoms with Crippen molar-refractivity contribution < 1.29 is 18.4 Å². The number of terminal acetylenes is 1. The van der Waals surface area contributed by atoms with Crippen molar-refractivity contribution in [2.45, 2.75) is 64.7 Å². The van der Waals surface area contributed by atoms with Gasteiger partial charge < -0.3 is 0 Å². The Morgan fingerprint density at radius 3 is 2.33 bits per heavy atom. The van der Waals surface area contributed by atoms with Crippen LogP contribution in [0.25, 0.3) is 0 Å². The molecule has 1 aromatic rings. The maximum absolute atomic E-state index is 13.4. The van der Waals surface area contributed by atoms with Crippen molar-refractivity contribution in [2.75, 3.05) is 19.6 Å². The van der Waals surface area contributed by atoms with Gasteiger partial charge in [0.25, 0.3) is 5.91 Å². The molecule has 2 fully saturated rings. The van der Waals surface area contributed by atoms with E-state index in [0.717, 1.165) is 4.90 Å². The van der Waals surface area contributed by atoms with E-state index in [1.165, 1.54) is 32.1 Å². The molecular formula is C21H29ClN2O4S2. The fourth-order valence-corrected chi connectivity index (χ4v) is 7.42. The molecule has 0 bridgehead atoms. The van der Waals surface area contributed by atoms with E-state index < -0.39 is 20.5 Å². The lowest BCUT2D eigenvalue weighted by molar-refractivity contribution is -0.133. The minimum Gasteiger partial charge on any atom is -0.292 e. The summed E-state index contributed by atoms with van der Waals surface area (Å²) < 4.78 is 25.2. The summed E-state index contributed by atoms with van der Waals surface area (Å²) in [4.78, 5) is 15.6. The number of likely N-dealkylation sites (tertiary alicyclic amines) is 1. The number of hydrogen-bond donors (Lipinski definition) is 2. The minimum atomic E-state index is -3.98. The van der Waals surface area contributed by atoms with E-state index in [9.17, 15) is 18.4 Å². The predicted molar refractivity (Wildman–Crippen MR) is 121 cm³/mol. The average Bonchev–Trinajstić information content (AvgIpc) is 2.75. The first-order valence-corrected chi connectivity index (χ1v) is 12.4. The van der Waals surface area contributed by atoms with Gasteiger partial charge in [0.15, 0.2) is 14.6 Å². The molecular weight excluding hydrogens is 444 g/mol. The maximum atomic E-state index is 13.4. The molecule has 0 spiro atoms. The summed E-state index contributed by atoms with van der Waals surface area (Å²) in [5.41, 5.74) is 1.58. The van der Waals surface area contributed by atoms with Gasteiger partial charge in [-0.15, -0.1) is 30.6 Å². The summed E-state index contributed by atoms with van der Waals surface area (Å²) in [6, 6.07) is 6.82. The van der Waals surface area contributed by atoms with Crippen LogP contribution >= 0.6 is 24.2 Å². The monoisotopic (exact) mass is 472 g/mol. The zero-order valence-corrected chi connectivity index (χ0v) is 19.3. The van der Waals surface area contributed by atoms with Gasteiger partial charge in [-0.05, 0) is 49.9 Å². The number of sulfone groups is 1. The Balaban J connectivity index is 0.00000320. The number of carbonyl (C=O) groups is 1. The van der Waals surface area contributed by atoms with Crippen molar-refractivity contribution in [2.24, 2.45) is 0 Å². The highest BCUT2D eigenvalue weighted by Gasteiger charge is 2.52. The van der Waals surface area contributed by atoms with Crippen LogP contribution in [-0.2, 0) is 14.6 Å². The quantitative estimate of drug-likeness (QED) is 0.375. The highest BCUT2D eigenvalue weighted by molar-refractivity contribution is 8.00. The number of nitrogens with one attached hydrogen (secondary N) is 1. The Hall–Kier alpha value is -1.24. The molecule has 0 aromatic heterocycles. The number of thioether (sulfide) groups is 1. The Labute approximate surface area is 189 Å². The molecule has 1 saturated heterocycles. The molecule has 2 aliphatic rings. The van der Waals surface area contributed by atoms with Crippen molar-refractivity contribution in [1.29, 1.82) is 0 Å². The Bertz CT molecular complexity index is 854. The molecule has 0 radical (unpaired) electrons. The molecule has 3 rings (SSSR count). The first-order valence-electron chi connectivity index (χ1n) is 10.0. The maximum Gasteiger partial charge on any atom is 0.265 e. The highest BCUT2D eigenvalue weighted by Crippen LogP contribution is 2.38. The van der Waals surface area contributed by atoms with Crippen molar-refractivity contribution in [1.82, 2.24) is 10.4 Å². The second-order valence-electron chi connectivity index (χ2n) is 7.77. The minimum absolute atomic E-state index is 0. The van der Waals surface area contributed by atoms with Crippen LogP contribution < -0.4 is 5.48 Å². The zero-order chi connectivity index (χ0) is 20.9. The Morgan fingerprint density at radius 1 is 1.20 bits per heavy atom. The van der Waals surface area contributed by atoms with Crippen LogP contribution in [0.15, 0.2) is 34.1 Å². The van der Waals surface area contributed by atoms with E-state index in [0.29, 0.717) is 24.9 Å². The van der Waals surface area contributed by atoms with Crippen LogP contribution in [0.4, 0.5) is 0 Å². The number of amides is 1. The van der Waals surface area contributed by atoms with E-state index >= 15 is 0 Å². The fourth-order valence-electron chi connectivity index (χ4n) is 4.22. The van der Waals surface area contributed by atoms with Gasteiger partial charge in [0.2, 0.25) is 0 Å². The van der Waals surface area contributed by atoms with Gasteiger partial charge in [0.1, 0.15) is 0 Å². The molecule has 1 amide bonds. The van der Waals surface area contributed by atoms with Crippen molar-refractivity contribution >= 4 is 39.9 Å². The molecule has 1 saturated carbocycles. The van der Waals surface area contributed by atoms with E-state index in [2.05, 4.69) is 5.92 Å². The van der Waals surface area contributed by atoms with Crippen LogP contribution in [0.1, 0.15) is 44.9 Å². The van der Waals surface area contributed by atoms with E-state index in [1.54, 1.807) is 29.4 Å². The number of hydroxylamine groups is 1. The molecule has 1 aliphatic heterocycles. The van der Waals surface area contributed by atoms with Crippen molar-refractivity contribution in [3.63, 3.8) is 0 Å². The van der Waals surface area contributed by atoms with Gasteiger partial charge in [-0.3, -0.25) is 14.9 Å². The van der Waals surface area contributed by atoms with Gasteiger partial charge in [-0.1, -0.05) is 25.2 Å². The third-order valence-corrected chi connectivity index (χ3v) is 9.86. The molecule has 1 aromatic carbocycles. The topological polar surface area (TPSA) is 86.7 Å². The molecule has 1 heterocycles. The summed E-state index contributed by atoms with van der Waals surface area (Å²) in [6.07, 6.45) is 11.7. The average molecular weight is 473 g/mol. The number of hydrogen-bond acceptors (Lipinski definition) is 6. The number of nitrogens with zero attached hydrogens (tertiary/aromatic N) is 1. The summed E-state index contributed by atoms with van der Waals surface area (Å²) >= 11 is 1.80. The van der Waals surface area contributed by atoms with E-state index in [1.807, 2.05) is 17.0 Å². The molecule has 30 heavy (non-hydrogen) atoms. The lowest BCUT2D eigenvalue weighted by Crippen LogP contribution is -2.57. The first kappa shape index (κ1) is 25.0. The number of halogens is 1. The van der Waals surface area contributed by atoms with Gasteiger partial charge >= 0.3 is 0 Å². The molecule has 6 nitrogen and oxygen atoms in total. The van der Waals surface area contributed by atoms with E-state index in [-0.39, 0.29) is 30.1 Å². The largest absolute Gasteiger partial charge is 0.292 e. The molecule has 0 unspecified atom stereocenters. The second kappa shape index (κ2) is 10.9. The summed E-state index contributed by atoms with van der Waals surface area (Å²) in [5.74, 6) is 1.67. The third kappa shape index (κ3) is 5.14. The van der Waals surface area contributed by atoms with Gasteiger partial charge in [0.05, 0.1) is 11.4 Å². The lowest BCUT2D eigenvalue weighted by Gasteiger charge is -2.38. The summed E-state index contributed by atoms with van der Waals surface area (Å²) in [5, 5.41) is 9.83. The zero-order valence-electron chi connectivity index (χ0n) is 16.9. The summed E-state index contributed by atoms with van der Waals surface area (Å²) in [6.45, 7) is 1.17. The second-order valence-corrected chi connectivity index (χ2v) is 11.4. The number of rotatable bonds is 6. The SMILES string of the molecule is C#CCN1CCC(C(=O)NO)(S(=O)(=O)c2ccc(SC3CCCCC3)cc2)CC1.Cl. The molecule has 2 N–H and O–H groups in total.